The molecule has 3 rings (SSSR count). The number of carbonyl (C=O) groups is 1. The molecule has 0 fully saturated rings. The van der Waals surface area contributed by atoms with Crippen LogP contribution in [0.15, 0.2) is 23.4 Å². The zero-order chi connectivity index (χ0) is 20.1. The van der Waals surface area contributed by atoms with E-state index in [2.05, 4.69) is 36.0 Å². The Morgan fingerprint density at radius 1 is 1.11 bits per heavy atom. The molecule has 0 radical (unpaired) electrons. The lowest BCUT2D eigenvalue weighted by molar-refractivity contribution is -0.113. The third-order valence-corrected chi connectivity index (χ3v) is 4.68. The number of nitrogens with one attached hydrogen (secondary N) is 3. The fraction of sp³-hybridized carbons (Fsp3) is 0.389. The summed E-state index contributed by atoms with van der Waals surface area (Å²) in [6.45, 7) is 9.34. The fourth-order valence-corrected chi connectivity index (χ4v) is 3.23. The molecule has 148 valence electrons. The molecule has 0 atom stereocenters. The van der Waals surface area contributed by atoms with Crippen LogP contribution in [-0.4, -0.2) is 49.3 Å². The number of benzene rings is 1. The number of hydrogen-bond donors (Lipinski definition) is 3. The number of carbonyl (C=O) groups excluding carboxylic acids is 1. The normalized spacial score (nSPS) is 10.9. The van der Waals surface area contributed by atoms with Crippen molar-refractivity contribution in [1.29, 1.82) is 0 Å². The highest BCUT2D eigenvalue weighted by Gasteiger charge is 2.14. The van der Waals surface area contributed by atoms with Crippen LogP contribution in [0.25, 0.3) is 5.78 Å². The maximum atomic E-state index is 12.3. The van der Waals surface area contributed by atoms with Crippen LogP contribution < -0.4 is 16.0 Å². The molecular weight excluding hydrogens is 376 g/mol. The smallest absolute Gasteiger partial charge is 0.259 e. The van der Waals surface area contributed by atoms with Gasteiger partial charge in [-0.05, 0) is 39.3 Å². The van der Waals surface area contributed by atoms with E-state index in [-0.39, 0.29) is 11.7 Å². The molecule has 3 N–H and O–H groups in total. The number of thioether (sulfide) groups is 1. The van der Waals surface area contributed by atoms with Crippen LogP contribution in [0.1, 0.15) is 25.0 Å². The molecule has 0 aliphatic carbocycles. The van der Waals surface area contributed by atoms with Crippen LogP contribution in [0.2, 0.25) is 0 Å². The molecule has 0 unspecified atom stereocenters. The second kappa shape index (κ2) is 8.87. The average molecular weight is 401 g/mol. The largest absolute Gasteiger partial charge is 0.354 e. The summed E-state index contributed by atoms with van der Waals surface area (Å²) >= 11 is 1.26. The second-order valence-electron chi connectivity index (χ2n) is 6.19. The van der Waals surface area contributed by atoms with Gasteiger partial charge in [-0.15, -0.1) is 5.10 Å². The van der Waals surface area contributed by atoms with E-state index in [1.54, 1.807) is 4.52 Å². The summed E-state index contributed by atoms with van der Waals surface area (Å²) in [5.74, 6) is 1.57. The van der Waals surface area contributed by atoms with Crippen molar-refractivity contribution in [2.75, 3.05) is 34.8 Å². The lowest BCUT2D eigenvalue weighted by atomic mass is 10.1. The summed E-state index contributed by atoms with van der Waals surface area (Å²) in [4.78, 5) is 25.5. The lowest BCUT2D eigenvalue weighted by Gasteiger charge is -2.08. The molecule has 28 heavy (non-hydrogen) atoms. The Labute approximate surface area is 167 Å². The van der Waals surface area contributed by atoms with Gasteiger partial charge in [0, 0.05) is 18.8 Å². The topological polar surface area (TPSA) is 109 Å². The minimum absolute atomic E-state index is 0.109. The summed E-state index contributed by atoms with van der Waals surface area (Å²) in [5, 5.41) is 14.0. The minimum atomic E-state index is -0.109. The lowest BCUT2D eigenvalue weighted by Crippen LogP contribution is -2.15. The van der Waals surface area contributed by atoms with Crippen LogP contribution in [-0.2, 0) is 4.79 Å². The highest BCUT2D eigenvalue weighted by molar-refractivity contribution is 7.99. The number of aryl methyl sites for hydroxylation is 2. The number of fused-ring (bicyclic) bond motifs is 1. The van der Waals surface area contributed by atoms with Crippen LogP contribution in [0.4, 0.5) is 17.6 Å². The molecule has 0 aliphatic heterocycles. The summed E-state index contributed by atoms with van der Waals surface area (Å²) in [5.41, 5.74) is 3.01. The molecule has 0 saturated heterocycles. The molecule has 0 bridgehead atoms. The maximum Gasteiger partial charge on any atom is 0.259 e. The van der Waals surface area contributed by atoms with Crippen molar-refractivity contribution in [3.05, 3.63) is 29.3 Å². The fourth-order valence-electron chi connectivity index (χ4n) is 2.61. The Morgan fingerprint density at radius 3 is 2.61 bits per heavy atom. The first-order valence-electron chi connectivity index (χ1n) is 9.12. The minimum Gasteiger partial charge on any atom is -0.354 e. The summed E-state index contributed by atoms with van der Waals surface area (Å²) in [7, 11) is 0. The molecule has 0 aliphatic rings. The van der Waals surface area contributed by atoms with E-state index in [1.165, 1.54) is 11.8 Å². The van der Waals surface area contributed by atoms with Crippen LogP contribution in [0.3, 0.4) is 0 Å². The Hall–Kier alpha value is -2.88. The van der Waals surface area contributed by atoms with E-state index >= 15 is 0 Å². The van der Waals surface area contributed by atoms with E-state index < -0.39 is 0 Å². The molecule has 10 heteroatoms. The zero-order valence-corrected chi connectivity index (χ0v) is 17.2. The Kier molecular flexibility index (Phi) is 6.30. The van der Waals surface area contributed by atoms with Crippen molar-refractivity contribution < 1.29 is 4.79 Å². The first-order valence-corrected chi connectivity index (χ1v) is 10.1. The van der Waals surface area contributed by atoms with Crippen LogP contribution in [0.5, 0.6) is 0 Å². The van der Waals surface area contributed by atoms with Gasteiger partial charge in [0.25, 0.3) is 5.78 Å². The van der Waals surface area contributed by atoms with Gasteiger partial charge in [-0.1, -0.05) is 29.5 Å². The maximum absolute atomic E-state index is 12.3. The summed E-state index contributed by atoms with van der Waals surface area (Å²) in [6.07, 6.45) is 0. The van der Waals surface area contributed by atoms with Gasteiger partial charge in [0.1, 0.15) is 0 Å². The van der Waals surface area contributed by atoms with Crippen LogP contribution in [0, 0.1) is 13.8 Å². The third-order valence-electron chi connectivity index (χ3n) is 3.85. The quantitative estimate of drug-likeness (QED) is 0.495. The van der Waals surface area contributed by atoms with Gasteiger partial charge >= 0.3 is 0 Å². The molecule has 9 nitrogen and oxygen atoms in total. The van der Waals surface area contributed by atoms with E-state index in [9.17, 15) is 4.79 Å². The SMILES string of the molecule is CCNc1nc(NCC)n2nc(SCC(=O)Nc3ccc(C)cc3C)nc2n1. The van der Waals surface area contributed by atoms with Gasteiger partial charge in [-0.3, -0.25) is 4.79 Å². The number of amides is 1. The second-order valence-corrected chi connectivity index (χ2v) is 7.14. The average Bonchev–Trinajstić information content (AvgIpc) is 3.06. The standard InChI is InChI=1S/C18H24N8OS/c1-5-19-15-22-16(20-6-2)26-17(23-15)24-18(25-26)28-10-14(27)21-13-8-7-11(3)9-12(13)4/h7-9H,5-6,10H2,1-4H3,(H,21,27)(H2,19,20,22,23,24,25). The first kappa shape index (κ1) is 19.9. The molecule has 1 aromatic carbocycles. The van der Waals surface area contributed by atoms with E-state index in [4.69, 9.17) is 0 Å². The van der Waals surface area contributed by atoms with Gasteiger partial charge in [0.2, 0.25) is 23.0 Å². The number of nitrogens with zero attached hydrogens (tertiary/aromatic N) is 5. The molecule has 0 saturated carbocycles. The van der Waals surface area contributed by atoms with Crippen molar-refractivity contribution in [1.82, 2.24) is 24.6 Å². The molecule has 3 aromatic rings. The van der Waals surface area contributed by atoms with E-state index in [0.29, 0.717) is 35.9 Å². The molecule has 2 heterocycles. The highest BCUT2D eigenvalue weighted by atomic mass is 32.2. The van der Waals surface area contributed by atoms with Crippen molar-refractivity contribution in [3.8, 4) is 0 Å². The van der Waals surface area contributed by atoms with Crippen molar-refractivity contribution >= 4 is 41.0 Å². The monoisotopic (exact) mass is 400 g/mol. The summed E-state index contributed by atoms with van der Waals surface area (Å²) < 4.78 is 1.55. The number of aromatic nitrogens is 5. The Bertz CT molecular complexity index is 987. The predicted molar refractivity (Wildman–Crippen MR) is 112 cm³/mol. The zero-order valence-electron chi connectivity index (χ0n) is 16.4. The Morgan fingerprint density at radius 2 is 1.89 bits per heavy atom. The third kappa shape index (κ3) is 4.69. The van der Waals surface area contributed by atoms with Crippen molar-refractivity contribution in [2.45, 2.75) is 32.9 Å². The van der Waals surface area contributed by atoms with Crippen LogP contribution >= 0.6 is 11.8 Å². The summed E-state index contributed by atoms with van der Waals surface area (Å²) in [6, 6.07) is 5.93. The number of rotatable bonds is 8. The van der Waals surface area contributed by atoms with Gasteiger partial charge in [-0.25, -0.2) is 0 Å². The van der Waals surface area contributed by atoms with Crippen molar-refractivity contribution in [3.63, 3.8) is 0 Å². The molecule has 2 aromatic heterocycles. The first-order chi connectivity index (χ1) is 13.5. The van der Waals surface area contributed by atoms with Gasteiger partial charge in [0.05, 0.1) is 5.75 Å². The molecule has 0 spiro atoms. The number of hydrogen-bond acceptors (Lipinski definition) is 8. The van der Waals surface area contributed by atoms with E-state index in [0.717, 1.165) is 16.8 Å². The Balaban J connectivity index is 1.71. The van der Waals surface area contributed by atoms with Gasteiger partial charge in [0.15, 0.2) is 0 Å². The van der Waals surface area contributed by atoms with Gasteiger partial charge < -0.3 is 16.0 Å². The molecule has 1 amide bonds. The van der Waals surface area contributed by atoms with Crippen molar-refractivity contribution in [2.24, 2.45) is 0 Å². The number of anilines is 3. The molecular formula is C18H24N8OS. The highest BCUT2D eigenvalue weighted by Crippen LogP contribution is 2.19. The van der Waals surface area contributed by atoms with E-state index in [1.807, 2.05) is 45.9 Å². The predicted octanol–water partition coefficient (Wildman–Crippen LogP) is 2.73. The van der Waals surface area contributed by atoms with Gasteiger partial charge in [-0.2, -0.15) is 19.5 Å².